The van der Waals surface area contributed by atoms with Crippen molar-refractivity contribution in [1.82, 2.24) is 14.4 Å². The first-order chi connectivity index (χ1) is 14.0. The summed E-state index contributed by atoms with van der Waals surface area (Å²) in [5.41, 5.74) is 8.57. The van der Waals surface area contributed by atoms with Crippen LogP contribution in [0, 0.1) is 0 Å². The largest absolute Gasteiger partial charge is 0.504 e. The fourth-order valence-corrected chi connectivity index (χ4v) is 3.18. The second-order valence-corrected chi connectivity index (χ2v) is 6.54. The zero-order chi connectivity index (χ0) is 20.5. The molecule has 9 nitrogen and oxygen atoms in total. The molecule has 4 rings (SSSR count). The molecule has 0 aliphatic carbocycles. The Balaban J connectivity index is 2.01. The second-order valence-electron chi connectivity index (χ2n) is 6.54. The van der Waals surface area contributed by atoms with E-state index in [1.54, 1.807) is 22.7 Å². The van der Waals surface area contributed by atoms with Gasteiger partial charge in [0.15, 0.2) is 23.0 Å². The van der Waals surface area contributed by atoms with Gasteiger partial charge in [-0.05, 0) is 49.4 Å². The number of aromatic nitrogens is 3. The lowest BCUT2D eigenvalue weighted by atomic mass is 10.1. The Labute approximate surface area is 165 Å². The van der Waals surface area contributed by atoms with E-state index in [9.17, 15) is 20.1 Å². The first kappa shape index (κ1) is 18.5. The number of imidazole rings is 1. The van der Waals surface area contributed by atoms with Crippen LogP contribution in [0.5, 0.6) is 11.5 Å². The first-order valence-electron chi connectivity index (χ1n) is 9.00. The number of nitrogens with one attached hydrogen (secondary N) is 1. The predicted molar refractivity (Wildman–Crippen MR) is 108 cm³/mol. The molecule has 0 fully saturated rings. The van der Waals surface area contributed by atoms with Crippen LogP contribution in [0.1, 0.15) is 16.8 Å². The highest BCUT2D eigenvalue weighted by Crippen LogP contribution is 2.33. The molecule has 6 N–H and O–H groups in total. The number of carboxylic acids is 1. The average molecular weight is 393 g/mol. The second kappa shape index (κ2) is 7.28. The Bertz CT molecular complexity index is 1230. The maximum absolute atomic E-state index is 11.5. The van der Waals surface area contributed by atoms with Gasteiger partial charge >= 0.3 is 5.97 Å². The van der Waals surface area contributed by atoms with Gasteiger partial charge in [-0.1, -0.05) is 0 Å². The van der Waals surface area contributed by atoms with Gasteiger partial charge in [-0.25, -0.2) is 14.8 Å². The summed E-state index contributed by atoms with van der Waals surface area (Å²) in [5, 5.41) is 32.1. The van der Waals surface area contributed by atoms with E-state index >= 15 is 0 Å². The molecular weight excluding hydrogens is 374 g/mol. The van der Waals surface area contributed by atoms with E-state index in [0.29, 0.717) is 46.8 Å². The molecule has 0 saturated heterocycles. The van der Waals surface area contributed by atoms with E-state index in [1.807, 2.05) is 0 Å². The van der Waals surface area contributed by atoms with Gasteiger partial charge < -0.3 is 26.4 Å². The SMILES string of the molecule is NCCCNc1nc2ccc(C(=O)O)cc2n2c(-c3ccc(O)c(O)c3)cnc12. The van der Waals surface area contributed by atoms with Crippen LogP contribution in [0.15, 0.2) is 42.6 Å². The highest BCUT2D eigenvalue weighted by atomic mass is 16.4. The molecule has 0 bridgehead atoms. The molecule has 0 atom stereocenters. The number of rotatable bonds is 6. The number of hydrogen-bond acceptors (Lipinski definition) is 7. The fraction of sp³-hybridized carbons (Fsp3) is 0.150. The van der Waals surface area contributed by atoms with Crippen LogP contribution in [-0.4, -0.2) is 48.7 Å². The zero-order valence-electron chi connectivity index (χ0n) is 15.3. The number of phenols is 2. The maximum Gasteiger partial charge on any atom is 0.335 e. The number of hydrogen-bond donors (Lipinski definition) is 5. The zero-order valence-corrected chi connectivity index (χ0v) is 15.3. The lowest BCUT2D eigenvalue weighted by Gasteiger charge is -2.12. The molecule has 0 aliphatic heterocycles. The van der Waals surface area contributed by atoms with E-state index in [1.165, 1.54) is 24.3 Å². The van der Waals surface area contributed by atoms with Crippen molar-refractivity contribution >= 4 is 28.5 Å². The summed E-state index contributed by atoms with van der Waals surface area (Å²) in [4.78, 5) is 20.5. The van der Waals surface area contributed by atoms with E-state index in [2.05, 4.69) is 15.3 Å². The number of carboxylic acid groups (broad SMARTS) is 1. The fourth-order valence-electron chi connectivity index (χ4n) is 3.18. The number of aromatic hydroxyl groups is 2. The summed E-state index contributed by atoms with van der Waals surface area (Å²) in [6, 6.07) is 9.13. The third-order valence-electron chi connectivity index (χ3n) is 4.61. The van der Waals surface area contributed by atoms with Crippen molar-refractivity contribution in [3.05, 3.63) is 48.2 Å². The van der Waals surface area contributed by atoms with Crippen molar-refractivity contribution in [2.75, 3.05) is 18.4 Å². The molecule has 2 aromatic heterocycles. The van der Waals surface area contributed by atoms with Crippen LogP contribution >= 0.6 is 0 Å². The summed E-state index contributed by atoms with van der Waals surface area (Å²) in [6.07, 6.45) is 2.37. The van der Waals surface area contributed by atoms with Crippen LogP contribution in [0.25, 0.3) is 27.9 Å². The van der Waals surface area contributed by atoms with Crippen LogP contribution in [0.4, 0.5) is 5.82 Å². The van der Waals surface area contributed by atoms with Gasteiger partial charge in [-0.3, -0.25) is 4.40 Å². The molecule has 2 heterocycles. The maximum atomic E-state index is 11.5. The highest BCUT2D eigenvalue weighted by molar-refractivity contribution is 5.94. The summed E-state index contributed by atoms with van der Waals surface area (Å²) < 4.78 is 1.78. The van der Waals surface area contributed by atoms with Crippen LogP contribution < -0.4 is 11.1 Å². The molecule has 4 aromatic rings. The molecule has 9 heteroatoms. The number of nitrogens with zero attached hydrogens (tertiary/aromatic N) is 3. The van der Waals surface area contributed by atoms with Crippen molar-refractivity contribution in [2.45, 2.75) is 6.42 Å². The molecule has 29 heavy (non-hydrogen) atoms. The first-order valence-corrected chi connectivity index (χ1v) is 9.00. The van der Waals surface area contributed by atoms with Gasteiger partial charge in [0, 0.05) is 12.1 Å². The van der Waals surface area contributed by atoms with Crippen LogP contribution in [-0.2, 0) is 0 Å². The number of aromatic carboxylic acids is 1. The van der Waals surface area contributed by atoms with E-state index in [-0.39, 0.29) is 17.1 Å². The normalized spacial score (nSPS) is 11.2. The average Bonchev–Trinajstić information content (AvgIpc) is 3.15. The van der Waals surface area contributed by atoms with Crippen LogP contribution in [0.2, 0.25) is 0 Å². The smallest absolute Gasteiger partial charge is 0.335 e. The topological polar surface area (TPSA) is 146 Å². The van der Waals surface area contributed by atoms with Crippen molar-refractivity contribution in [3.8, 4) is 22.8 Å². The Morgan fingerprint density at radius 1 is 1.14 bits per heavy atom. The molecule has 0 aliphatic rings. The van der Waals surface area contributed by atoms with Crippen molar-refractivity contribution in [3.63, 3.8) is 0 Å². The summed E-state index contributed by atoms with van der Waals surface area (Å²) in [7, 11) is 0. The Kier molecular flexibility index (Phi) is 4.65. The van der Waals surface area contributed by atoms with Gasteiger partial charge in [0.25, 0.3) is 0 Å². The van der Waals surface area contributed by atoms with Crippen molar-refractivity contribution < 1.29 is 20.1 Å². The van der Waals surface area contributed by atoms with Gasteiger partial charge in [0.2, 0.25) is 0 Å². The van der Waals surface area contributed by atoms with E-state index < -0.39 is 5.97 Å². The molecule has 0 spiro atoms. The molecular formula is C20H19N5O4. The summed E-state index contributed by atoms with van der Waals surface area (Å²) in [5.74, 6) is -0.993. The van der Waals surface area contributed by atoms with Gasteiger partial charge in [-0.15, -0.1) is 0 Å². The van der Waals surface area contributed by atoms with E-state index in [4.69, 9.17) is 5.73 Å². The molecule has 0 unspecified atom stereocenters. The lowest BCUT2D eigenvalue weighted by molar-refractivity contribution is 0.0697. The number of fused-ring (bicyclic) bond motifs is 3. The van der Waals surface area contributed by atoms with Gasteiger partial charge in [0.1, 0.15) is 0 Å². The monoisotopic (exact) mass is 393 g/mol. The number of carbonyl (C=O) groups is 1. The standard InChI is InChI=1S/C20H19N5O4/c21-6-1-7-22-18-19-23-10-15(11-3-5-16(26)17(27)9-11)25(19)14-8-12(20(28)29)2-4-13(14)24-18/h2-5,8-10,26-27H,1,6-7,21H2,(H,22,24)(H,28,29). The quantitative estimate of drug-likeness (QED) is 0.248. The third kappa shape index (κ3) is 3.27. The minimum atomic E-state index is -1.05. The molecule has 2 aromatic carbocycles. The van der Waals surface area contributed by atoms with Crippen molar-refractivity contribution in [2.24, 2.45) is 5.73 Å². The minimum Gasteiger partial charge on any atom is -0.504 e. The number of benzene rings is 2. The predicted octanol–water partition coefficient (Wildman–Crippen LogP) is 2.42. The molecule has 0 radical (unpaired) electrons. The van der Waals surface area contributed by atoms with Gasteiger partial charge in [-0.2, -0.15) is 0 Å². The summed E-state index contributed by atoms with van der Waals surface area (Å²) >= 11 is 0. The van der Waals surface area contributed by atoms with Crippen molar-refractivity contribution in [1.29, 1.82) is 0 Å². The number of phenolic OH excluding ortho intramolecular Hbond substituents is 2. The summed E-state index contributed by atoms with van der Waals surface area (Å²) in [6.45, 7) is 1.14. The number of anilines is 1. The highest BCUT2D eigenvalue weighted by Gasteiger charge is 2.17. The minimum absolute atomic E-state index is 0.123. The third-order valence-corrected chi connectivity index (χ3v) is 4.61. The lowest BCUT2D eigenvalue weighted by Crippen LogP contribution is -2.11. The Hall–Kier alpha value is -3.85. The van der Waals surface area contributed by atoms with Crippen LogP contribution in [0.3, 0.4) is 0 Å². The Morgan fingerprint density at radius 2 is 1.97 bits per heavy atom. The molecule has 148 valence electrons. The Morgan fingerprint density at radius 3 is 2.69 bits per heavy atom. The van der Waals surface area contributed by atoms with E-state index in [0.717, 1.165) is 6.42 Å². The number of nitrogens with two attached hydrogens (primary N) is 1. The van der Waals surface area contributed by atoms with Gasteiger partial charge in [0.05, 0.1) is 28.5 Å². The molecule has 0 saturated carbocycles. The molecule has 0 amide bonds.